The molecule has 0 radical (unpaired) electrons. The Bertz CT molecular complexity index is 1440. The molecule has 210 valence electrons. The van der Waals surface area contributed by atoms with Crippen LogP contribution in [0, 0.1) is 11.8 Å². The monoisotopic (exact) mass is 575 g/mol. The predicted molar refractivity (Wildman–Crippen MR) is 168 cm³/mol. The molecule has 2 aromatic carbocycles. The van der Waals surface area contributed by atoms with Gasteiger partial charge < -0.3 is 15.4 Å². The molecule has 1 aliphatic carbocycles. The van der Waals surface area contributed by atoms with E-state index in [-0.39, 0.29) is 11.7 Å². The largest absolute Gasteiger partial charge is 0.496 e. The lowest BCUT2D eigenvalue weighted by atomic mass is 9.74. The highest BCUT2D eigenvalue weighted by Crippen LogP contribution is 2.40. The fourth-order valence-electron chi connectivity index (χ4n) is 6.11. The van der Waals surface area contributed by atoms with Crippen LogP contribution in [0.25, 0.3) is 21.2 Å². The molecule has 0 spiro atoms. The summed E-state index contributed by atoms with van der Waals surface area (Å²) in [6, 6.07) is 19.0. The molecule has 0 bridgehead atoms. The number of nitrogens with one attached hydrogen (secondary N) is 2. The van der Waals surface area contributed by atoms with Gasteiger partial charge in [0, 0.05) is 41.4 Å². The average Bonchev–Trinajstić information content (AvgIpc) is 3.35. The van der Waals surface area contributed by atoms with Crippen LogP contribution in [0.3, 0.4) is 0 Å². The van der Waals surface area contributed by atoms with Crippen molar-refractivity contribution in [3.63, 3.8) is 0 Å². The summed E-state index contributed by atoms with van der Waals surface area (Å²) in [7, 11) is 5.65. The maximum absolute atomic E-state index is 13.7. The quantitative estimate of drug-likeness (QED) is 0.176. The number of ether oxygens (including phenoxy) is 1. The summed E-state index contributed by atoms with van der Waals surface area (Å²) >= 11 is 8.25. The van der Waals surface area contributed by atoms with E-state index in [4.69, 9.17) is 16.3 Å². The number of Topliss-reactive ketones (excluding diaryl/α,β-unsaturated/α-hetero) is 1. The fourth-order valence-corrected chi connectivity index (χ4v) is 7.60. The van der Waals surface area contributed by atoms with Crippen molar-refractivity contribution in [3.8, 4) is 16.9 Å². The van der Waals surface area contributed by atoms with Gasteiger partial charge in [0.05, 0.1) is 17.0 Å². The van der Waals surface area contributed by atoms with Crippen LogP contribution < -0.4 is 15.4 Å². The minimum absolute atomic E-state index is 0.170. The van der Waals surface area contributed by atoms with Gasteiger partial charge in [0.15, 0.2) is 5.78 Å². The number of anilines is 1. The number of thiophene rings is 1. The van der Waals surface area contributed by atoms with Gasteiger partial charge in [-0.1, -0.05) is 35.9 Å². The first-order valence-electron chi connectivity index (χ1n) is 14.2. The molecule has 0 aliphatic heterocycles. The summed E-state index contributed by atoms with van der Waals surface area (Å²) in [5.74, 6) is 2.71. The number of hydrogen-bond donors (Lipinski definition) is 2. The number of pyridine rings is 1. The normalized spacial score (nSPS) is 18.0. The fraction of sp³-hybridized carbons (Fsp3) is 0.394. The van der Waals surface area contributed by atoms with Crippen molar-refractivity contribution in [2.45, 2.75) is 51.0 Å². The van der Waals surface area contributed by atoms with Gasteiger partial charge in [-0.2, -0.15) is 0 Å². The third kappa shape index (κ3) is 6.35. The molecular formula is C33H38ClN3O2S. The van der Waals surface area contributed by atoms with Crippen molar-refractivity contribution in [3.05, 3.63) is 76.3 Å². The van der Waals surface area contributed by atoms with Gasteiger partial charge in [0.1, 0.15) is 11.6 Å². The second-order valence-electron chi connectivity index (χ2n) is 10.8. The smallest absolute Gasteiger partial charge is 0.174 e. The number of methoxy groups -OCH3 is 1. The van der Waals surface area contributed by atoms with E-state index in [0.29, 0.717) is 28.3 Å². The molecule has 40 heavy (non-hydrogen) atoms. The average molecular weight is 576 g/mol. The van der Waals surface area contributed by atoms with Crippen LogP contribution in [0.1, 0.15) is 53.8 Å². The molecule has 2 heterocycles. The van der Waals surface area contributed by atoms with E-state index in [1.807, 2.05) is 49.6 Å². The van der Waals surface area contributed by atoms with E-state index in [1.54, 1.807) is 7.11 Å². The molecule has 5 rings (SSSR count). The third-order valence-corrected chi connectivity index (χ3v) is 10.2. The predicted octanol–water partition coefficient (Wildman–Crippen LogP) is 8.27. The van der Waals surface area contributed by atoms with Gasteiger partial charge in [-0.15, -0.1) is 11.3 Å². The second kappa shape index (κ2) is 13.2. The van der Waals surface area contributed by atoms with Gasteiger partial charge >= 0.3 is 0 Å². The summed E-state index contributed by atoms with van der Waals surface area (Å²) in [5.41, 5.74) is 3.35. The number of carbonyl (C=O) groups excluding carboxylic acids is 1. The topological polar surface area (TPSA) is 63.2 Å². The summed E-state index contributed by atoms with van der Waals surface area (Å²) in [6.07, 6.45) is 8.80. The minimum atomic E-state index is 0.170. The van der Waals surface area contributed by atoms with Crippen molar-refractivity contribution < 1.29 is 9.53 Å². The molecule has 7 heteroatoms. The van der Waals surface area contributed by atoms with E-state index < -0.39 is 0 Å². The highest BCUT2D eigenvalue weighted by Gasteiger charge is 2.30. The molecule has 2 aromatic heterocycles. The Balaban J connectivity index is 1.37. The zero-order valence-corrected chi connectivity index (χ0v) is 25.1. The summed E-state index contributed by atoms with van der Waals surface area (Å²) in [6.45, 7) is 0. The standard InChI is InChI=1S/C33H38ClN3O2S/c1-35-26-14-10-21(11-15-26)23(19-28(38)33-32(34)27-6-4-5-7-30(27)40-33)8-9-24-18-22(12-16-29(24)39-3)25-13-17-31(36-2)37-20-25/h4-7,12-13,16-18,20-21,23,26,35H,8-11,14-15,19H2,1-3H3,(H,36,37). The number of rotatable bonds is 11. The van der Waals surface area contributed by atoms with E-state index in [2.05, 4.69) is 40.9 Å². The number of benzene rings is 2. The Hall–Kier alpha value is -2.93. The van der Waals surface area contributed by atoms with Crippen LogP contribution in [-0.4, -0.2) is 38.0 Å². The summed E-state index contributed by atoms with van der Waals surface area (Å²) < 4.78 is 6.83. The van der Waals surface area contributed by atoms with Gasteiger partial charge in [0.2, 0.25) is 0 Å². The van der Waals surface area contributed by atoms with E-state index in [0.717, 1.165) is 71.3 Å². The summed E-state index contributed by atoms with van der Waals surface area (Å²) in [5, 5.41) is 8.10. The molecule has 4 aromatic rings. The molecule has 1 atom stereocenters. The lowest BCUT2D eigenvalue weighted by molar-refractivity contribution is 0.0925. The Morgan fingerprint density at radius 3 is 2.52 bits per heavy atom. The highest BCUT2D eigenvalue weighted by atomic mass is 35.5. The third-order valence-electron chi connectivity index (χ3n) is 8.50. The molecule has 1 aliphatic rings. The molecule has 1 fully saturated rings. The van der Waals surface area contributed by atoms with Gasteiger partial charge in [-0.25, -0.2) is 4.98 Å². The first-order chi connectivity index (χ1) is 19.5. The van der Waals surface area contributed by atoms with E-state index >= 15 is 0 Å². The first kappa shape index (κ1) is 28.6. The molecule has 1 saturated carbocycles. The maximum atomic E-state index is 13.7. The number of halogens is 1. The van der Waals surface area contributed by atoms with Crippen LogP contribution in [-0.2, 0) is 6.42 Å². The SMILES string of the molecule is CNc1ccc(-c2ccc(OC)c(CCC(CC(=O)c3sc4ccccc4c3Cl)C3CCC(NC)CC3)c2)cn1. The molecule has 5 nitrogen and oxygen atoms in total. The van der Waals surface area contributed by atoms with Crippen LogP contribution in [0.2, 0.25) is 5.02 Å². The number of fused-ring (bicyclic) bond motifs is 1. The highest BCUT2D eigenvalue weighted by molar-refractivity contribution is 7.21. The first-order valence-corrected chi connectivity index (χ1v) is 15.4. The maximum Gasteiger partial charge on any atom is 0.174 e. The van der Waals surface area contributed by atoms with E-state index in [9.17, 15) is 4.79 Å². The van der Waals surface area contributed by atoms with Crippen LogP contribution in [0.15, 0.2) is 60.8 Å². The summed E-state index contributed by atoms with van der Waals surface area (Å²) in [4.78, 5) is 18.9. The zero-order chi connectivity index (χ0) is 28.1. The number of aryl methyl sites for hydroxylation is 1. The molecule has 0 amide bonds. The van der Waals surface area contributed by atoms with Crippen molar-refractivity contribution >= 4 is 44.6 Å². The van der Waals surface area contributed by atoms with Crippen LogP contribution in [0.5, 0.6) is 5.75 Å². The Labute approximate surface area is 246 Å². The lowest BCUT2D eigenvalue weighted by Gasteiger charge is -2.34. The van der Waals surface area contributed by atoms with E-state index in [1.165, 1.54) is 16.9 Å². The van der Waals surface area contributed by atoms with Gasteiger partial charge in [-0.3, -0.25) is 4.79 Å². The number of carbonyl (C=O) groups is 1. The number of hydrogen-bond acceptors (Lipinski definition) is 6. The molecule has 2 N–H and O–H groups in total. The van der Waals surface area contributed by atoms with Gasteiger partial charge in [0.25, 0.3) is 0 Å². The van der Waals surface area contributed by atoms with Crippen molar-refractivity contribution in [2.75, 3.05) is 26.5 Å². The van der Waals surface area contributed by atoms with Crippen LogP contribution >= 0.6 is 22.9 Å². The lowest BCUT2D eigenvalue weighted by Crippen LogP contribution is -2.33. The Morgan fingerprint density at radius 2 is 1.85 bits per heavy atom. The zero-order valence-electron chi connectivity index (χ0n) is 23.5. The van der Waals surface area contributed by atoms with Crippen molar-refractivity contribution in [2.24, 2.45) is 11.8 Å². The van der Waals surface area contributed by atoms with Crippen LogP contribution in [0.4, 0.5) is 5.82 Å². The Kier molecular flexibility index (Phi) is 9.40. The Morgan fingerprint density at radius 1 is 1.07 bits per heavy atom. The minimum Gasteiger partial charge on any atom is -0.496 e. The number of ketones is 1. The van der Waals surface area contributed by atoms with Crippen molar-refractivity contribution in [1.82, 2.24) is 10.3 Å². The second-order valence-corrected chi connectivity index (χ2v) is 12.2. The molecule has 0 saturated heterocycles. The van der Waals surface area contributed by atoms with Crippen molar-refractivity contribution in [1.29, 1.82) is 0 Å². The molecular weight excluding hydrogens is 538 g/mol. The van der Waals surface area contributed by atoms with Gasteiger partial charge in [-0.05, 0) is 98.9 Å². The number of aromatic nitrogens is 1. The molecule has 1 unspecified atom stereocenters. The number of nitrogens with zero attached hydrogens (tertiary/aromatic N) is 1.